The first-order valence-electron chi connectivity index (χ1n) is 11.5. The molecule has 33 heavy (non-hydrogen) atoms. The van der Waals surface area contributed by atoms with Gasteiger partial charge in [-0.1, -0.05) is 0 Å². The molecule has 0 spiro atoms. The lowest BCUT2D eigenvalue weighted by molar-refractivity contribution is -0.274. The van der Waals surface area contributed by atoms with Crippen LogP contribution in [0, 0.1) is 23.2 Å². The van der Waals surface area contributed by atoms with Gasteiger partial charge in [0.2, 0.25) is 0 Å². The number of anilines is 1. The summed E-state index contributed by atoms with van der Waals surface area (Å²) in [6.07, 6.45) is 1.48. The Bertz CT molecular complexity index is 885. The molecule has 0 aromatic carbocycles. The van der Waals surface area contributed by atoms with E-state index in [-0.39, 0.29) is 23.1 Å². The van der Waals surface area contributed by atoms with Crippen molar-refractivity contribution in [2.24, 2.45) is 17.8 Å². The number of nitrogens with two attached hydrogens (primary N) is 1. The number of halogens is 3. The molecule has 0 bridgehead atoms. The number of fused-ring (bicyclic) bond motifs is 1. The van der Waals surface area contributed by atoms with Gasteiger partial charge in [0.05, 0.1) is 12.3 Å². The molecule has 1 saturated heterocycles. The summed E-state index contributed by atoms with van der Waals surface area (Å²) in [5.74, 6) is 0.523. The second-order valence-corrected chi connectivity index (χ2v) is 9.45. The Hall–Kier alpha value is -2.33. The average molecular weight is 468 g/mol. The summed E-state index contributed by atoms with van der Waals surface area (Å²) in [7, 11) is 0. The fourth-order valence-corrected chi connectivity index (χ4v) is 5.32. The van der Waals surface area contributed by atoms with E-state index in [4.69, 9.17) is 15.9 Å². The number of rotatable bonds is 7. The molecule has 1 aromatic heterocycles. The van der Waals surface area contributed by atoms with E-state index in [1.165, 1.54) is 6.20 Å². The molecule has 2 aliphatic carbocycles. The zero-order valence-corrected chi connectivity index (χ0v) is 19.0. The fourth-order valence-electron chi connectivity index (χ4n) is 5.32. The summed E-state index contributed by atoms with van der Waals surface area (Å²) in [5.41, 5.74) is 6.79. The van der Waals surface area contributed by atoms with Crippen LogP contribution in [0.15, 0.2) is 24.0 Å². The van der Waals surface area contributed by atoms with E-state index in [0.29, 0.717) is 23.8 Å². The summed E-state index contributed by atoms with van der Waals surface area (Å²) in [5, 5.41) is 12.0. The number of aromatic nitrogens is 1. The van der Waals surface area contributed by atoms with Crippen LogP contribution < -0.4 is 15.8 Å². The summed E-state index contributed by atoms with van der Waals surface area (Å²) in [6.45, 7) is 7.77. The van der Waals surface area contributed by atoms with Crippen molar-refractivity contribution in [3.05, 3.63) is 29.6 Å². The smallest absolute Gasteiger partial charge is 0.402 e. The Labute approximate surface area is 192 Å². The highest BCUT2D eigenvalue weighted by Gasteiger charge is 2.58. The Kier molecular flexibility index (Phi) is 6.86. The van der Waals surface area contributed by atoms with Gasteiger partial charge in [0.1, 0.15) is 0 Å². The van der Waals surface area contributed by atoms with Gasteiger partial charge in [0.25, 0.3) is 0 Å². The molecule has 10 heteroatoms. The van der Waals surface area contributed by atoms with E-state index in [0.717, 1.165) is 57.3 Å². The average Bonchev–Trinajstić information content (AvgIpc) is 3.34. The van der Waals surface area contributed by atoms with Crippen LogP contribution in [-0.4, -0.2) is 60.3 Å². The molecular formula is C23H32F3N5O2. The maximum Gasteiger partial charge on any atom is 0.573 e. The molecule has 182 valence electrons. The number of hydrogen-bond donors (Lipinski definition) is 3. The lowest BCUT2D eigenvalue weighted by Gasteiger charge is -2.29. The number of allylic oxidation sites excluding steroid dienone is 2. The third kappa shape index (κ3) is 5.78. The van der Waals surface area contributed by atoms with Crippen LogP contribution in [0.5, 0.6) is 5.75 Å². The third-order valence-electron chi connectivity index (χ3n) is 6.73. The minimum absolute atomic E-state index is 0.0730. The first-order chi connectivity index (χ1) is 15.6. The highest BCUT2D eigenvalue weighted by molar-refractivity contribution is 6.07. The summed E-state index contributed by atoms with van der Waals surface area (Å²) in [6, 6.07) is 1.88. The zero-order chi connectivity index (χ0) is 23.8. The molecule has 3 fully saturated rings. The van der Waals surface area contributed by atoms with Crippen LogP contribution in [0.1, 0.15) is 38.7 Å². The second-order valence-electron chi connectivity index (χ2n) is 9.45. The zero-order valence-electron chi connectivity index (χ0n) is 19.0. The molecule has 1 unspecified atom stereocenters. The van der Waals surface area contributed by atoms with Crippen molar-refractivity contribution in [1.29, 1.82) is 5.41 Å². The van der Waals surface area contributed by atoms with E-state index in [1.807, 2.05) is 13.8 Å². The molecule has 0 radical (unpaired) electrons. The standard InChI is InChI=1S/C23H32F3N5O2/c1-13(2)30-19(11-18(27)14-8-20(22(28)29-12-14)33-23(24,25)26)21-16-9-15(10-17(16)21)31-4-3-6-32-7-5-31/h8,11-13,15-17,21,27,30H,3-7,9-10H2,1-2H3,(H2,28,29)/b19-11-,27-18?/t15?,16-,17+,21+. The first kappa shape index (κ1) is 23.8. The minimum Gasteiger partial charge on any atom is -0.402 e. The van der Waals surface area contributed by atoms with Crippen LogP contribution in [0.25, 0.3) is 0 Å². The van der Waals surface area contributed by atoms with Gasteiger partial charge >= 0.3 is 6.36 Å². The largest absolute Gasteiger partial charge is 0.573 e. The molecule has 0 amide bonds. The highest BCUT2D eigenvalue weighted by Crippen LogP contribution is 2.61. The molecule has 2 heterocycles. The van der Waals surface area contributed by atoms with Gasteiger partial charge in [-0.15, -0.1) is 13.2 Å². The summed E-state index contributed by atoms with van der Waals surface area (Å²) >= 11 is 0. The van der Waals surface area contributed by atoms with E-state index < -0.39 is 12.1 Å². The van der Waals surface area contributed by atoms with Gasteiger partial charge in [-0.05, 0) is 57.1 Å². The molecule has 4 atom stereocenters. The van der Waals surface area contributed by atoms with Gasteiger partial charge < -0.3 is 25.9 Å². The second kappa shape index (κ2) is 9.50. The number of nitrogens with zero attached hydrogens (tertiary/aromatic N) is 2. The number of pyridine rings is 1. The van der Waals surface area contributed by atoms with Crippen LogP contribution in [0.3, 0.4) is 0 Å². The van der Waals surface area contributed by atoms with Crippen molar-refractivity contribution in [3.63, 3.8) is 0 Å². The predicted octanol–water partition coefficient (Wildman–Crippen LogP) is 3.56. The van der Waals surface area contributed by atoms with E-state index in [2.05, 4.69) is 19.9 Å². The topological polar surface area (TPSA) is 96.5 Å². The number of alkyl halides is 3. The highest BCUT2D eigenvalue weighted by atomic mass is 19.4. The molecule has 2 saturated carbocycles. The van der Waals surface area contributed by atoms with Gasteiger partial charge in [-0.3, -0.25) is 4.90 Å². The van der Waals surface area contributed by atoms with Crippen LogP contribution in [0.4, 0.5) is 19.0 Å². The van der Waals surface area contributed by atoms with Crippen LogP contribution in [-0.2, 0) is 4.74 Å². The summed E-state index contributed by atoms with van der Waals surface area (Å²) in [4.78, 5) is 6.34. The van der Waals surface area contributed by atoms with Crippen molar-refractivity contribution in [2.75, 3.05) is 32.0 Å². The predicted molar refractivity (Wildman–Crippen MR) is 119 cm³/mol. The maximum absolute atomic E-state index is 12.7. The monoisotopic (exact) mass is 467 g/mol. The molecule has 4 N–H and O–H groups in total. The number of ether oxygens (including phenoxy) is 2. The van der Waals surface area contributed by atoms with Gasteiger partial charge in [0.15, 0.2) is 11.6 Å². The number of hydrogen-bond acceptors (Lipinski definition) is 7. The molecule has 4 rings (SSSR count). The maximum atomic E-state index is 12.7. The SMILES string of the molecule is CC(C)N/C(=C\C(=N)c1cnc(N)c(OC(F)(F)F)c1)[C@H]1[C@@H]2CC(N3CCCOCC3)C[C@@H]21. The normalized spacial score (nSPS) is 28.4. The van der Waals surface area contributed by atoms with E-state index in [1.54, 1.807) is 6.08 Å². The lowest BCUT2D eigenvalue weighted by atomic mass is 10.0. The van der Waals surface area contributed by atoms with Gasteiger partial charge in [-0.2, -0.15) is 0 Å². The Morgan fingerprint density at radius 3 is 2.70 bits per heavy atom. The number of nitrogens with one attached hydrogen (secondary N) is 2. The lowest BCUT2D eigenvalue weighted by Crippen LogP contribution is -2.37. The van der Waals surface area contributed by atoms with Crippen molar-refractivity contribution in [2.45, 2.75) is 51.6 Å². The quantitative estimate of drug-likeness (QED) is 0.531. The summed E-state index contributed by atoms with van der Waals surface area (Å²) < 4.78 is 47.5. The Balaban J connectivity index is 1.46. The molecule has 1 aromatic rings. The van der Waals surface area contributed by atoms with Crippen molar-refractivity contribution < 1.29 is 22.6 Å². The van der Waals surface area contributed by atoms with Crippen molar-refractivity contribution >= 4 is 11.5 Å². The fraction of sp³-hybridized carbons (Fsp3) is 0.652. The molecule has 3 aliphatic rings. The molecular weight excluding hydrogens is 435 g/mol. The van der Waals surface area contributed by atoms with Crippen LogP contribution >= 0.6 is 0 Å². The van der Waals surface area contributed by atoms with E-state index in [9.17, 15) is 13.2 Å². The van der Waals surface area contributed by atoms with Crippen LogP contribution in [0.2, 0.25) is 0 Å². The Morgan fingerprint density at radius 1 is 1.30 bits per heavy atom. The van der Waals surface area contributed by atoms with Gasteiger partial charge in [-0.25, -0.2) is 4.98 Å². The molecule has 7 nitrogen and oxygen atoms in total. The Morgan fingerprint density at radius 2 is 2.03 bits per heavy atom. The van der Waals surface area contributed by atoms with E-state index >= 15 is 0 Å². The molecule has 1 aliphatic heterocycles. The van der Waals surface area contributed by atoms with Gasteiger partial charge in [0, 0.05) is 55.2 Å². The minimum atomic E-state index is -4.88. The van der Waals surface area contributed by atoms with Crippen molar-refractivity contribution in [3.8, 4) is 5.75 Å². The van der Waals surface area contributed by atoms with Crippen molar-refractivity contribution in [1.82, 2.24) is 15.2 Å². The third-order valence-corrected chi connectivity index (χ3v) is 6.73. The first-order valence-corrected chi connectivity index (χ1v) is 11.5. The number of nitrogen functional groups attached to an aromatic ring is 1.